The van der Waals surface area contributed by atoms with E-state index in [2.05, 4.69) is 43.9 Å². The zero-order valence-electron chi connectivity index (χ0n) is 12.9. The molecule has 1 saturated heterocycles. The first-order chi connectivity index (χ1) is 9.55. The quantitative estimate of drug-likeness (QED) is 0.921. The Bertz CT molecular complexity index is 486. The molecule has 3 heteroatoms. The Morgan fingerprint density at radius 2 is 2.20 bits per heavy atom. The van der Waals surface area contributed by atoms with E-state index in [9.17, 15) is 0 Å². The predicted octanol–water partition coefficient (Wildman–Crippen LogP) is 2.74. The third-order valence-electron chi connectivity index (χ3n) is 4.78. The summed E-state index contributed by atoms with van der Waals surface area (Å²) in [5.74, 6) is 1.68. The van der Waals surface area contributed by atoms with Gasteiger partial charge in [0.05, 0.1) is 0 Å². The molecule has 3 nitrogen and oxygen atoms in total. The molecule has 2 N–H and O–H groups in total. The molecule has 0 amide bonds. The molecule has 0 spiro atoms. The van der Waals surface area contributed by atoms with Crippen LogP contribution >= 0.6 is 0 Å². The zero-order chi connectivity index (χ0) is 14.3. The van der Waals surface area contributed by atoms with E-state index in [0.717, 1.165) is 31.8 Å². The van der Waals surface area contributed by atoms with Crippen LogP contribution in [0, 0.1) is 5.92 Å². The van der Waals surface area contributed by atoms with Gasteiger partial charge in [0.2, 0.25) is 0 Å². The molecule has 1 aromatic rings. The maximum absolute atomic E-state index is 6.26. The summed E-state index contributed by atoms with van der Waals surface area (Å²) in [6, 6.07) is 7.05. The van der Waals surface area contributed by atoms with Gasteiger partial charge < -0.3 is 10.5 Å². The molecule has 3 rings (SSSR count). The highest BCUT2D eigenvalue weighted by Gasteiger charge is 2.39. The van der Waals surface area contributed by atoms with Gasteiger partial charge in [-0.05, 0) is 51.4 Å². The van der Waals surface area contributed by atoms with Crippen LogP contribution in [0.4, 0.5) is 0 Å². The van der Waals surface area contributed by atoms with Gasteiger partial charge in [0.15, 0.2) is 0 Å². The summed E-state index contributed by atoms with van der Waals surface area (Å²) in [7, 11) is 0. The minimum absolute atomic E-state index is 0.0771. The Hall–Kier alpha value is -1.06. The topological polar surface area (TPSA) is 38.5 Å². The molecule has 0 radical (unpaired) electrons. The molecule has 110 valence electrons. The van der Waals surface area contributed by atoms with Crippen molar-refractivity contribution in [3.8, 4) is 5.75 Å². The van der Waals surface area contributed by atoms with Crippen LogP contribution in [0.5, 0.6) is 5.75 Å². The SMILES string of the molecule is CCN1CCC(CN)C1c1cccc2c1OC(C)(C)C2. The number of benzene rings is 1. The lowest BCUT2D eigenvalue weighted by Crippen LogP contribution is -2.29. The van der Waals surface area contributed by atoms with Gasteiger partial charge in [0, 0.05) is 18.0 Å². The van der Waals surface area contributed by atoms with Crippen molar-refractivity contribution < 1.29 is 4.74 Å². The van der Waals surface area contributed by atoms with Crippen LogP contribution in [-0.2, 0) is 6.42 Å². The lowest BCUT2D eigenvalue weighted by atomic mass is 9.91. The largest absolute Gasteiger partial charge is 0.487 e. The van der Waals surface area contributed by atoms with Crippen molar-refractivity contribution in [1.82, 2.24) is 4.90 Å². The van der Waals surface area contributed by atoms with Gasteiger partial charge in [-0.1, -0.05) is 25.1 Å². The van der Waals surface area contributed by atoms with Gasteiger partial charge in [-0.2, -0.15) is 0 Å². The van der Waals surface area contributed by atoms with Gasteiger partial charge in [0.25, 0.3) is 0 Å². The molecular formula is C17H26N2O. The Morgan fingerprint density at radius 3 is 2.90 bits per heavy atom. The zero-order valence-corrected chi connectivity index (χ0v) is 12.9. The number of likely N-dealkylation sites (tertiary alicyclic amines) is 1. The molecule has 0 saturated carbocycles. The summed E-state index contributed by atoms with van der Waals surface area (Å²) < 4.78 is 6.26. The average Bonchev–Trinajstić information content (AvgIpc) is 2.96. The maximum Gasteiger partial charge on any atom is 0.128 e. The van der Waals surface area contributed by atoms with Gasteiger partial charge in [-0.25, -0.2) is 0 Å². The lowest BCUT2D eigenvalue weighted by Gasteiger charge is -2.29. The third kappa shape index (κ3) is 2.23. The first-order valence-electron chi connectivity index (χ1n) is 7.80. The van der Waals surface area contributed by atoms with E-state index in [1.165, 1.54) is 17.5 Å². The minimum Gasteiger partial charge on any atom is -0.487 e. The van der Waals surface area contributed by atoms with Crippen LogP contribution in [0.2, 0.25) is 0 Å². The lowest BCUT2D eigenvalue weighted by molar-refractivity contribution is 0.133. The second-order valence-electron chi connectivity index (χ2n) is 6.73. The molecule has 0 aliphatic carbocycles. The summed E-state index contributed by atoms with van der Waals surface area (Å²) >= 11 is 0. The Labute approximate surface area is 122 Å². The van der Waals surface area contributed by atoms with E-state index in [-0.39, 0.29) is 5.60 Å². The molecule has 1 aromatic carbocycles. The molecule has 2 unspecified atom stereocenters. The van der Waals surface area contributed by atoms with Gasteiger partial charge >= 0.3 is 0 Å². The molecule has 0 bridgehead atoms. The maximum atomic E-state index is 6.26. The monoisotopic (exact) mass is 274 g/mol. The van der Waals surface area contributed by atoms with E-state index >= 15 is 0 Å². The molecule has 0 aromatic heterocycles. The summed E-state index contributed by atoms with van der Waals surface area (Å²) in [5.41, 5.74) is 8.64. The fraction of sp³-hybridized carbons (Fsp3) is 0.647. The van der Waals surface area contributed by atoms with E-state index in [1.807, 2.05) is 0 Å². The number of hydrogen-bond donors (Lipinski definition) is 1. The van der Waals surface area contributed by atoms with Crippen molar-refractivity contribution in [2.24, 2.45) is 11.7 Å². The fourth-order valence-corrected chi connectivity index (χ4v) is 3.85. The fourth-order valence-electron chi connectivity index (χ4n) is 3.85. The van der Waals surface area contributed by atoms with Gasteiger partial charge in [0.1, 0.15) is 11.4 Å². The van der Waals surface area contributed by atoms with Crippen LogP contribution in [0.25, 0.3) is 0 Å². The Kier molecular flexibility index (Phi) is 3.51. The summed E-state index contributed by atoms with van der Waals surface area (Å²) in [6.07, 6.45) is 2.20. The number of nitrogens with zero attached hydrogens (tertiary/aromatic N) is 1. The minimum atomic E-state index is -0.0771. The second-order valence-corrected chi connectivity index (χ2v) is 6.73. The van der Waals surface area contributed by atoms with Crippen LogP contribution in [0.15, 0.2) is 18.2 Å². The number of para-hydroxylation sites is 1. The summed E-state index contributed by atoms with van der Waals surface area (Å²) in [4.78, 5) is 2.54. The van der Waals surface area contributed by atoms with Crippen LogP contribution in [0.1, 0.15) is 44.4 Å². The number of fused-ring (bicyclic) bond motifs is 1. The standard InChI is InChI=1S/C17H26N2O/c1-4-19-9-8-13(11-18)15(19)14-7-5-6-12-10-17(2,3)20-16(12)14/h5-7,13,15H,4,8-11,18H2,1-3H3. The molecule has 2 aliphatic heterocycles. The summed E-state index contributed by atoms with van der Waals surface area (Å²) in [5, 5.41) is 0. The normalized spacial score (nSPS) is 28.4. The van der Waals surface area contributed by atoms with E-state index in [0.29, 0.717) is 12.0 Å². The smallest absolute Gasteiger partial charge is 0.128 e. The van der Waals surface area contributed by atoms with Gasteiger partial charge in [-0.3, -0.25) is 4.90 Å². The van der Waals surface area contributed by atoms with Crippen molar-refractivity contribution in [1.29, 1.82) is 0 Å². The van der Waals surface area contributed by atoms with Crippen LogP contribution < -0.4 is 10.5 Å². The van der Waals surface area contributed by atoms with Crippen molar-refractivity contribution in [2.75, 3.05) is 19.6 Å². The highest BCUT2D eigenvalue weighted by Crippen LogP contribution is 2.46. The highest BCUT2D eigenvalue weighted by atomic mass is 16.5. The molecule has 2 aliphatic rings. The summed E-state index contributed by atoms with van der Waals surface area (Å²) in [6.45, 7) is 9.56. The highest BCUT2D eigenvalue weighted by molar-refractivity contribution is 5.47. The van der Waals surface area contributed by atoms with Crippen molar-refractivity contribution in [2.45, 2.75) is 45.3 Å². The van der Waals surface area contributed by atoms with E-state index in [1.54, 1.807) is 0 Å². The van der Waals surface area contributed by atoms with Crippen molar-refractivity contribution >= 4 is 0 Å². The van der Waals surface area contributed by atoms with Gasteiger partial charge in [-0.15, -0.1) is 0 Å². The molecular weight excluding hydrogens is 248 g/mol. The first-order valence-corrected chi connectivity index (χ1v) is 7.80. The molecule has 2 heterocycles. The Morgan fingerprint density at radius 1 is 1.40 bits per heavy atom. The molecule has 20 heavy (non-hydrogen) atoms. The second kappa shape index (κ2) is 5.05. The molecule has 2 atom stereocenters. The number of hydrogen-bond acceptors (Lipinski definition) is 3. The molecule has 1 fully saturated rings. The average molecular weight is 274 g/mol. The van der Waals surface area contributed by atoms with Crippen molar-refractivity contribution in [3.63, 3.8) is 0 Å². The van der Waals surface area contributed by atoms with Crippen LogP contribution in [-0.4, -0.2) is 30.1 Å². The van der Waals surface area contributed by atoms with Crippen LogP contribution in [0.3, 0.4) is 0 Å². The third-order valence-corrected chi connectivity index (χ3v) is 4.78. The number of rotatable bonds is 3. The van der Waals surface area contributed by atoms with E-state index < -0.39 is 0 Å². The predicted molar refractivity (Wildman–Crippen MR) is 82.0 cm³/mol. The van der Waals surface area contributed by atoms with Crippen molar-refractivity contribution in [3.05, 3.63) is 29.3 Å². The number of nitrogens with two attached hydrogens (primary N) is 1. The first kappa shape index (κ1) is 13.9. The number of ether oxygens (including phenoxy) is 1. The van der Waals surface area contributed by atoms with E-state index in [4.69, 9.17) is 10.5 Å². The Balaban J connectivity index is 2.01.